The summed E-state index contributed by atoms with van der Waals surface area (Å²) < 4.78 is 132. The number of thiazole rings is 1. The number of phenolic OH excluding ortho intramolecular Hbond substituents is 1. The Balaban J connectivity index is 1.32. The fourth-order valence-corrected chi connectivity index (χ4v) is 9.81. The molecule has 2 aromatic heterocycles. The number of azo groups is 3. The van der Waals surface area contributed by atoms with Crippen molar-refractivity contribution < 1.29 is 92.3 Å². The number of aromatic nitrogens is 3. The number of hydrogen-bond acceptors (Lipinski definition) is 22. The van der Waals surface area contributed by atoms with Crippen molar-refractivity contribution in [3.05, 3.63) is 89.1 Å². The van der Waals surface area contributed by atoms with Crippen LogP contribution in [-0.2, 0) is 41.4 Å². The molecule has 0 bridgehead atoms. The summed E-state index contributed by atoms with van der Waals surface area (Å²) in [5, 5.41) is 76.9. The summed E-state index contributed by atoms with van der Waals surface area (Å²) in [7, 11) is -15.6. The van der Waals surface area contributed by atoms with Crippen molar-refractivity contribution >= 4 is 125 Å². The molecule has 7 rings (SSSR count). The van der Waals surface area contributed by atoms with E-state index in [9.17, 15) is 87.6 Å². The lowest BCUT2D eigenvalue weighted by molar-refractivity contribution is 0.0678. The summed E-state index contributed by atoms with van der Waals surface area (Å²) >= 11 is -1.24. The molecule has 7 aromatic rings. The van der Waals surface area contributed by atoms with Crippen molar-refractivity contribution in [1.82, 2.24) is 14.8 Å². The van der Waals surface area contributed by atoms with E-state index < -0.39 is 143 Å². The third kappa shape index (κ3) is 11.7. The van der Waals surface area contributed by atoms with Gasteiger partial charge < -0.3 is 34.8 Å². The Kier molecular flexibility index (Phi) is 14.6. The van der Waals surface area contributed by atoms with Gasteiger partial charge in [0.15, 0.2) is 22.5 Å². The van der Waals surface area contributed by atoms with Gasteiger partial charge in [0.1, 0.15) is 32.6 Å². The minimum Gasteiger partial charge on any atom is -0.505 e. The van der Waals surface area contributed by atoms with E-state index in [-0.39, 0.29) is 39.1 Å². The van der Waals surface area contributed by atoms with Gasteiger partial charge in [-0.2, -0.15) is 35.0 Å². The third-order valence-corrected chi connectivity index (χ3v) is 14.0. The SMILES string of the molecule is Cc1cc(N=Nc2c(S(=O)(=O)O)cc3c(S(=O)(=O)O)c(N=Nc4c(C(=O)O)nn(-c5cc(C(=O)O)cc(C(=O)O)c5)c4O)ccc3c2O)c(OCCCS(=O)(=O)O)cc1N=Nc1nc2ccc(S(=O)O)cc2s1. The number of phenols is 1. The number of aromatic carboxylic acids is 3. The first kappa shape index (κ1) is 52.7. The summed E-state index contributed by atoms with van der Waals surface area (Å²) in [5.74, 6) is -8.51. The molecule has 9 N–H and O–H groups in total. The summed E-state index contributed by atoms with van der Waals surface area (Å²) in [6.07, 6.45) is -0.271. The second kappa shape index (κ2) is 20.2. The highest BCUT2D eigenvalue weighted by Crippen LogP contribution is 2.47. The van der Waals surface area contributed by atoms with Gasteiger partial charge in [-0.1, -0.05) is 11.3 Å². The molecule has 0 saturated heterocycles. The number of hydrogen-bond donors (Lipinski definition) is 9. The fraction of sp³-hybridized carbons (Fsp3) is 0.103. The molecule has 73 heavy (non-hydrogen) atoms. The molecular weight excluding hydrogens is 1070 g/mol. The minimum absolute atomic E-state index is 0.0982. The number of benzene rings is 5. The molecule has 29 nitrogen and oxygen atoms in total. The zero-order valence-corrected chi connectivity index (χ0v) is 40.1. The Morgan fingerprint density at radius 3 is 1.97 bits per heavy atom. The molecule has 380 valence electrons. The van der Waals surface area contributed by atoms with E-state index in [4.69, 9.17) is 4.74 Å². The second-order valence-corrected chi connectivity index (χ2v) is 21.0. The summed E-state index contributed by atoms with van der Waals surface area (Å²) in [4.78, 5) is 37.3. The summed E-state index contributed by atoms with van der Waals surface area (Å²) in [6, 6.07) is 11.3. The molecule has 0 aliphatic rings. The van der Waals surface area contributed by atoms with Crippen molar-refractivity contribution in [3.8, 4) is 23.1 Å². The Hall–Kier alpha value is -8.09. The standard InChI is InChI=1S/C39H29N9O20S5/c1-16-9-26(27(68-7-2-8-71(59,60)61)15-25(16)42-46-39-40-23-5-3-20(70(57)58)13-28(23)69-39)43-44-30-29(72(62,63)64)14-22-21(33(30)49)4-6-24(34(22)73(65,66)67)41-45-31-32(38(55)56)47-48(35(31)50)19-11-17(36(51)52)10-18(12-19)37(53)54/h3-6,9-15,49-50H,2,7-8H2,1H3,(H,51,52)(H,53,54)(H,55,56)(H,57,58)(H,59,60,61)(H,62,63,64)(H,65,66,67). The maximum atomic E-state index is 13.0. The molecule has 34 heteroatoms. The van der Waals surface area contributed by atoms with E-state index in [0.717, 1.165) is 41.7 Å². The van der Waals surface area contributed by atoms with E-state index >= 15 is 0 Å². The number of carboxylic acids is 3. The average Bonchev–Trinajstić information content (AvgIpc) is 3.87. The molecular formula is C39H29N9O20S5. The van der Waals surface area contributed by atoms with Crippen LogP contribution >= 0.6 is 11.3 Å². The predicted molar refractivity (Wildman–Crippen MR) is 250 cm³/mol. The maximum absolute atomic E-state index is 13.0. The number of fused-ring (bicyclic) bond motifs is 2. The van der Waals surface area contributed by atoms with E-state index in [1.54, 1.807) is 0 Å². The van der Waals surface area contributed by atoms with E-state index in [0.29, 0.717) is 21.0 Å². The molecule has 0 saturated carbocycles. The summed E-state index contributed by atoms with van der Waals surface area (Å²) in [6.45, 7) is 1.12. The molecule has 0 fully saturated rings. The first-order chi connectivity index (χ1) is 34.1. The average molecular weight is 1100 g/mol. The van der Waals surface area contributed by atoms with Crippen molar-refractivity contribution in [2.45, 2.75) is 28.0 Å². The van der Waals surface area contributed by atoms with Crippen LogP contribution in [0.25, 0.3) is 26.7 Å². The molecule has 1 atom stereocenters. The number of aromatic hydroxyl groups is 2. The molecule has 0 spiro atoms. The van der Waals surface area contributed by atoms with Gasteiger partial charge in [0, 0.05) is 16.8 Å². The van der Waals surface area contributed by atoms with Crippen LogP contribution < -0.4 is 4.74 Å². The van der Waals surface area contributed by atoms with Crippen LogP contribution in [0.5, 0.6) is 17.4 Å². The highest BCUT2D eigenvalue weighted by Gasteiger charge is 2.30. The van der Waals surface area contributed by atoms with Crippen molar-refractivity contribution in [2.75, 3.05) is 12.4 Å². The Morgan fingerprint density at radius 1 is 0.726 bits per heavy atom. The van der Waals surface area contributed by atoms with Crippen LogP contribution in [0.2, 0.25) is 0 Å². The topological polar surface area (TPSA) is 467 Å². The third-order valence-electron chi connectivity index (χ3n) is 9.79. The van der Waals surface area contributed by atoms with Crippen LogP contribution in [0, 0.1) is 6.92 Å². The summed E-state index contributed by atoms with van der Waals surface area (Å²) in [5.41, 5.74) is -5.30. The lowest BCUT2D eigenvalue weighted by Gasteiger charge is -2.13. The maximum Gasteiger partial charge on any atom is 0.358 e. The monoisotopic (exact) mass is 1100 g/mol. The van der Waals surface area contributed by atoms with Crippen LogP contribution in [0.15, 0.2) is 112 Å². The van der Waals surface area contributed by atoms with E-state index in [1.807, 2.05) is 0 Å². The van der Waals surface area contributed by atoms with Gasteiger partial charge in [0.25, 0.3) is 30.4 Å². The molecule has 5 aromatic carbocycles. The van der Waals surface area contributed by atoms with E-state index in [1.165, 1.54) is 37.3 Å². The molecule has 0 amide bonds. The number of ether oxygens (including phenoxy) is 1. The Bertz CT molecular complexity index is 3940. The first-order valence-corrected chi connectivity index (χ1v) is 26.0. The molecule has 0 aliphatic carbocycles. The highest BCUT2D eigenvalue weighted by atomic mass is 32.2. The van der Waals surface area contributed by atoms with Gasteiger partial charge in [-0.05, 0) is 79.6 Å². The van der Waals surface area contributed by atoms with Crippen LogP contribution in [0.1, 0.15) is 43.2 Å². The molecule has 2 heterocycles. The number of aryl methyl sites for hydroxylation is 1. The fourth-order valence-electron chi connectivity index (χ4n) is 6.56. The van der Waals surface area contributed by atoms with Crippen molar-refractivity contribution in [2.24, 2.45) is 30.7 Å². The molecule has 0 radical (unpaired) electrons. The Labute approximate surface area is 413 Å². The molecule has 0 aliphatic heterocycles. The number of nitrogens with zero attached hydrogens (tertiary/aromatic N) is 9. The smallest absolute Gasteiger partial charge is 0.358 e. The van der Waals surface area contributed by atoms with E-state index in [2.05, 4.69) is 40.8 Å². The van der Waals surface area contributed by atoms with Crippen molar-refractivity contribution in [1.29, 1.82) is 0 Å². The van der Waals surface area contributed by atoms with Gasteiger partial charge >= 0.3 is 17.9 Å². The number of carboxylic acid groups (broad SMARTS) is 3. The van der Waals surface area contributed by atoms with Gasteiger partial charge in [-0.3, -0.25) is 13.7 Å². The number of rotatable bonds is 18. The van der Waals surface area contributed by atoms with Crippen molar-refractivity contribution in [3.63, 3.8) is 0 Å². The predicted octanol–water partition coefficient (Wildman–Crippen LogP) is 7.43. The zero-order chi connectivity index (χ0) is 53.5. The quantitative estimate of drug-likeness (QED) is 0.0174. The lowest BCUT2D eigenvalue weighted by atomic mass is 10.1. The van der Waals surface area contributed by atoms with Gasteiger partial charge in [0.2, 0.25) is 16.7 Å². The largest absolute Gasteiger partial charge is 0.505 e. The zero-order valence-electron chi connectivity index (χ0n) is 36.1. The van der Waals surface area contributed by atoms with Gasteiger partial charge in [-0.15, -0.1) is 30.7 Å². The van der Waals surface area contributed by atoms with Crippen LogP contribution in [-0.4, -0.2) is 118 Å². The van der Waals surface area contributed by atoms with Crippen LogP contribution in [0.4, 0.5) is 33.6 Å². The van der Waals surface area contributed by atoms with Crippen LogP contribution in [0.3, 0.4) is 0 Å². The number of carbonyl (C=O) groups is 3. The second-order valence-electron chi connectivity index (χ2n) is 14.7. The lowest BCUT2D eigenvalue weighted by Crippen LogP contribution is -2.08. The first-order valence-electron chi connectivity index (χ1n) is 19.6. The van der Waals surface area contributed by atoms with Gasteiger partial charge in [0.05, 0.1) is 50.0 Å². The minimum atomic E-state index is -5.60. The van der Waals surface area contributed by atoms with Gasteiger partial charge in [-0.25, -0.2) is 23.6 Å². The Morgan fingerprint density at radius 2 is 1.37 bits per heavy atom. The molecule has 1 unspecified atom stereocenters. The highest BCUT2D eigenvalue weighted by molar-refractivity contribution is 7.86. The normalized spacial score (nSPS) is 12.9.